The molecule has 7 nitrogen and oxygen atoms in total. The van der Waals surface area contributed by atoms with Crippen LogP contribution >= 0.6 is 0 Å². The van der Waals surface area contributed by atoms with E-state index in [1.807, 2.05) is 50.4 Å². The molecule has 194 valence electrons. The third-order valence-electron chi connectivity index (χ3n) is 7.18. The molecule has 0 radical (unpaired) electrons. The van der Waals surface area contributed by atoms with Crippen molar-refractivity contribution in [2.75, 3.05) is 17.7 Å². The van der Waals surface area contributed by atoms with Gasteiger partial charge in [0.2, 0.25) is 5.91 Å². The van der Waals surface area contributed by atoms with Crippen LogP contribution in [0.3, 0.4) is 0 Å². The number of likely N-dealkylation sites (N-methyl/N-ethyl adjacent to an activating group) is 1. The molecular weight excluding hydrogens is 481 g/mol. The average Bonchev–Trinajstić information content (AvgIpc) is 3.29. The smallest absolute Gasteiger partial charge is 0.256 e. The number of amides is 2. The second-order valence-electron chi connectivity index (χ2n) is 9.71. The first-order valence-corrected chi connectivity index (χ1v) is 12.6. The third-order valence-corrected chi connectivity index (χ3v) is 7.18. The monoisotopic (exact) mass is 511 g/mol. The van der Waals surface area contributed by atoms with Gasteiger partial charge in [0.15, 0.2) is 0 Å². The van der Waals surface area contributed by atoms with Gasteiger partial charge in [-0.1, -0.05) is 30.3 Å². The molecule has 2 aromatic heterocycles. The highest BCUT2D eigenvalue weighted by Gasteiger charge is 2.33. The fourth-order valence-corrected chi connectivity index (χ4v) is 4.78. The molecule has 2 atom stereocenters. The number of para-hydroxylation sites is 1. The van der Waals surface area contributed by atoms with Gasteiger partial charge in [0.05, 0.1) is 17.2 Å². The highest BCUT2D eigenvalue weighted by atomic mass is 19.1. The van der Waals surface area contributed by atoms with E-state index >= 15 is 0 Å². The summed E-state index contributed by atoms with van der Waals surface area (Å²) < 4.78 is 13.3. The molecule has 0 fully saturated rings. The van der Waals surface area contributed by atoms with Crippen molar-refractivity contribution in [1.29, 1.82) is 0 Å². The van der Waals surface area contributed by atoms with Gasteiger partial charge in [-0.2, -0.15) is 0 Å². The van der Waals surface area contributed by atoms with E-state index in [0.29, 0.717) is 23.5 Å². The van der Waals surface area contributed by atoms with E-state index in [9.17, 15) is 14.0 Å². The maximum absolute atomic E-state index is 13.3. The number of nitrogens with one attached hydrogen (secondary N) is 3. The zero-order valence-corrected chi connectivity index (χ0v) is 21.6. The van der Waals surface area contributed by atoms with Crippen molar-refractivity contribution in [1.82, 2.24) is 14.9 Å². The number of carbonyl (C=O) groups is 2. The Balaban J connectivity index is 1.46. The first-order chi connectivity index (χ1) is 18.3. The number of benzene rings is 2. The quantitative estimate of drug-likeness (QED) is 0.302. The zero-order chi connectivity index (χ0) is 26.8. The van der Waals surface area contributed by atoms with Gasteiger partial charge in [0, 0.05) is 54.8 Å². The SMILES string of the molecule is CC(C(=O)Nc1cc(-c2[nH]c3c(c2CNc2ccccc2)C(=O)N(C)C(C)C3)ccn1)c1ccc(F)cc1. The Morgan fingerprint density at radius 3 is 2.63 bits per heavy atom. The lowest BCUT2D eigenvalue weighted by Gasteiger charge is -2.30. The minimum Gasteiger partial charge on any atom is -0.381 e. The topological polar surface area (TPSA) is 90.1 Å². The van der Waals surface area contributed by atoms with Gasteiger partial charge in [-0.15, -0.1) is 0 Å². The Labute approximate surface area is 221 Å². The molecule has 0 saturated carbocycles. The van der Waals surface area contributed by atoms with Gasteiger partial charge < -0.3 is 20.5 Å². The second kappa shape index (κ2) is 10.5. The Hall–Kier alpha value is -4.46. The third kappa shape index (κ3) is 5.02. The van der Waals surface area contributed by atoms with Crippen molar-refractivity contribution in [2.45, 2.75) is 38.8 Å². The van der Waals surface area contributed by atoms with Crippen LogP contribution in [0, 0.1) is 5.82 Å². The van der Waals surface area contributed by atoms with Crippen LogP contribution in [0.1, 0.15) is 46.9 Å². The summed E-state index contributed by atoms with van der Waals surface area (Å²) in [6.45, 7) is 4.25. The fourth-order valence-electron chi connectivity index (χ4n) is 4.78. The van der Waals surface area contributed by atoms with E-state index in [1.165, 1.54) is 12.1 Å². The van der Waals surface area contributed by atoms with Gasteiger partial charge >= 0.3 is 0 Å². The zero-order valence-electron chi connectivity index (χ0n) is 21.6. The highest BCUT2D eigenvalue weighted by molar-refractivity contribution is 6.00. The van der Waals surface area contributed by atoms with Crippen LogP contribution in [-0.2, 0) is 17.8 Å². The number of rotatable bonds is 7. The predicted molar refractivity (Wildman–Crippen MR) is 146 cm³/mol. The van der Waals surface area contributed by atoms with Crippen LogP contribution in [0.4, 0.5) is 15.9 Å². The first-order valence-electron chi connectivity index (χ1n) is 12.6. The van der Waals surface area contributed by atoms with Gasteiger partial charge in [0.25, 0.3) is 5.91 Å². The van der Waals surface area contributed by atoms with E-state index in [4.69, 9.17) is 0 Å². The number of carbonyl (C=O) groups excluding carboxylic acids is 2. The number of pyridine rings is 1. The molecule has 0 saturated heterocycles. The van der Waals surface area contributed by atoms with E-state index in [2.05, 4.69) is 20.6 Å². The maximum atomic E-state index is 13.3. The number of hydrogen-bond acceptors (Lipinski definition) is 4. The summed E-state index contributed by atoms with van der Waals surface area (Å²) in [6, 6.07) is 19.5. The summed E-state index contributed by atoms with van der Waals surface area (Å²) >= 11 is 0. The molecule has 0 spiro atoms. The average molecular weight is 512 g/mol. The molecule has 8 heteroatoms. The molecule has 0 aliphatic carbocycles. The van der Waals surface area contributed by atoms with E-state index in [0.717, 1.165) is 34.6 Å². The van der Waals surface area contributed by atoms with Gasteiger partial charge in [-0.3, -0.25) is 9.59 Å². The number of anilines is 2. The van der Waals surface area contributed by atoms with Crippen LogP contribution in [-0.4, -0.2) is 39.8 Å². The molecule has 0 bridgehead atoms. The molecule has 2 amide bonds. The Morgan fingerprint density at radius 2 is 1.89 bits per heavy atom. The number of nitrogens with zero attached hydrogens (tertiary/aromatic N) is 2. The van der Waals surface area contributed by atoms with Crippen molar-refractivity contribution < 1.29 is 14.0 Å². The predicted octanol–water partition coefficient (Wildman–Crippen LogP) is 5.59. The minimum atomic E-state index is -0.487. The van der Waals surface area contributed by atoms with Gasteiger partial charge in [0.1, 0.15) is 11.6 Å². The van der Waals surface area contributed by atoms with Crippen LogP contribution in [0.2, 0.25) is 0 Å². The standard InChI is InChI=1S/C30H30FN5O2/c1-18-15-25-27(30(38)36(18)3)24(17-33-23-7-5-4-6-8-23)28(34-25)21-13-14-32-26(16-21)35-29(37)19(2)20-9-11-22(31)12-10-20/h4-14,16,18-19,33-34H,15,17H2,1-3H3,(H,32,35,37). The van der Waals surface area contributed by atoms with Crippen molar-refractivity contribution in [3.05, 3.63) is 101 Å². The number of halogens is 1. The number of aromatic amines is 1. The van der Waals surface area contributed by atoms with Crippen LogP contribution < -0.4 is 10.6 Å². The minimum absolute atomic E-state index is 0.0122. The number of aromatic nitrogens is 2. The molecule has 4 aromatic rings. The van der Waals surface area contributed by atoms with Gasteiger partial charge in [-0.05, 0) is 55.8 Å². The summed E-state index contributed by atoms with van der Waals surface area (Å²) in [5, 5.41) is 6.31. The normalized spacial score (nSPS) is 15.6. The Kier molecular flexibility index (Phi) is 6.96. The first kappa shape index (κ1) is 25.2. The summed E-state index contributed by atoms with van der Waals surface area (Å²) in [6.07, 6.45) is 2.36. The Bertz CT molecular complexity index is 1470. The van der Waals surface area contributed by atoms with E-state index in [1.54, 1.807) is 36.2 Å². The molecule has 3 N–H and O–H groups in total. The number of fused-ring (bicyclic) bond motifs is 1. The van der Waals surface area contributed by atoms with Gasteiger partial charge in [-0.25, -0.2) is 9.37 Å². The summed E-state index contributed by atoms with van der Waals surface area (Å²) in [7, 11) is 1.83. The molecule has 3 heterocycles. The molecule has 1 aliphatic heterocycles. The molecule has 2 unspecified atom stereocenters. The Morgan fingerprint density at radius 1 is 1.16 bits per heavy atom. The lowest BCUT2D eigenvalue weighted by molar-refractivity contribution is -0.117. The molecule has 2 aromatic carbocycles. The maximum Gasteiger partial charge on any atom is 0.256 e. The van der Waals surface area contributed by atoms with Crippen molar-refractivity contribution in [3.63, 3.8) is 0 Å². The van der Waals surface area contributed by atoms with Crippen LogP contribution in [0.25, 0.3) is 11.3 Å². The molecule has 1 aliphatic rings. The summed E-state index contributed by atoms with van der Waals surface area (Å²) in [5.74, 6) is -0.696. The lowest BCUT2D eigenvalue weighted by Crippen LogP contribution is -2.41. The summed E-state index contributed by atoms with van der Waals surface area (Å²) in [4.78, 5) is 35.9. The highest BCUT2D eigenvalue weighted by Crippen LogP contribution is 2.34. The largest absolute Gasteiger partial charge is 0.381 e. The van der Waals surface area contributed by atoms with Crippen molar-refractivity contribution in [3.8, 4) is 11.3 Å². The lowest BCUT2D eigenvalue weighted by atomic mass is 9.96. The number of hydrogen-bond donors (Lipinski definition) is 3. The van der Waals surface area contributed by atoms with Crippen molar-refractivity contribution in [2.24, 2.45) is 0 Å². The molecular formula is C30H30FN5O2. The summed E-state index contributed by atoms with van der Waals surface area (Å²) in [5.41, 5.74) is 5.77. The van der Waals surface area contributed by atoms with E-state index in [-0.39, 0.29) is 23.7 Å². The fraction of sp³-hybridized carbons (Fsp3) is 0.233. The second-order valence-corrected chi connectivity index (χ2v) is 9.71. The number of H-pyrrole nitrogens is 1. The van der Waals surface area contributed by atoms with Crippen molar-refractivity contribution >= 4 is 23.3 Å². The van der Waals surface area contributed by atoms with E-state index < -0.39 is 5.92 Å². The van der Waals surface area contributed by atoms with Crippen LogP contribution in [0.5, 0.6) is 0 Å². The molecule has 38 heavy (non-hydrogen) atoms. The molecule has 5 rings (SSSR count). The van der Waals surface area contributed by atoms with Crippen LogP contribution in [0.15, 0.2) is 72.9 Å².